The predicted molar refractivity (Wildman–Crippen MR) is 69.3 cm³/mol. The minimum Gasteiger partial charge on any atom is -0.254 e. The first-order valence-electron chi connectivity index (χ1n) is 4.65. The molecule has 17 heavy (non-hydrogen) atoms. The van der Waals surface area contributed by atoms with Crippen molar-refractivity contribution in [2.24, 2.45) is 0 Å². The number of aromatic nitrogens is 2. The predicted octanol–water partition coefficient (Wildman–Crippen LogP) is 3.92. The second-order valence-electron chi connectivity index (χ2n) is 3.22. The van der Waals surface area contributed by atoms with Gasteiger partial charge >= 0.3 is 27.7 Å². The van der Waals surface area contributed by atoms with Gasteiger partial charge in [-0.15, -0.1) is 0 Å². The second kappa shape index (κ2) is 6.66. The summed E-state index contributed by atoms with van der Waals surface area (Å²) < 4.78 is 0. The number of pyridine rings is 2. The van der Waals surface area contributed by atoms with Crippen molar-refractivity contribution in [3.8, 4) is 0 Å². The molecule has 0 N–H and O–H groups in total. The van der Waals surface area contributed by atoms with E-state index in [2.05, 4.69) is 61.9 Å². The van der Waals surface area contributed by atoms with Crippen LogP contribution in [0.5, 0.6) is 0 Å². The first kappa shape index (κ1) is 14.1. The Balaban J connectivity index is 0.000000459. The number of rotatable bonds is 0. The van der Waals surface area contributed by atoms with Crippen LogP contribution in [0.15, 0.2) is 48.8 Å². The summed E-state index contributed by atoms with van der Waals surface area (Å²) in [5, 5.41) is 2.28. The zero-order valence-corrected chi connectivity index (χ0v) is 11.5. The molecular weight excluding hydrogens is 326 g/mol. The number of nitrogens with zero attached hydrogens (tertiary/aromatic N) is 2. The van der Waals surface area contributed by atoms with Crippen LogP contribution in [0.4, 0.5) is 0 Å². The van der Waals surface area contributed by atoms with Crippen LogP contribution in [0.2, 0.25) is 0 Å². The van der Waals surface area contributed by atoms with Gasteiger partial charge in [0, 0.05) is 23.2 Å². The second-order valence-corrected chi connectivity index (χ2v) is 3.22. The largest absolute Gasteiger partial charge is 0.254 e. The Morgan fingerprint density at radius 3 is 1.59 bits per heavy atom. The van der Waals surface area contributed by atoms with Gasteiger partial charge in [0.1, 0.15) is 0 Å². The minimum atomic E-state index is 0. The Morgan fingerprint density at radius 1 is 0.765 bits per heavy atom. The van der Waals surface area contributed by atoms with E-state index < -0.39 is 0 Å². The maximum Gasteiger partial charge on any atom is 0.0964 e. The topological polar surface area (TPSA) is 25.8 Å². The monoisotopic (exact) mass is 336 g/mol. The van der Waals surface area contributed by atoms with Crippen molar-refractivity contribution < 1.29 is 18.2 Å². The van der Waals surface area contributed by atoms with E-state index in [0.717, 1.165) is 21.8 Å². The van der Waals surface area contributed by atoms with Crippen LogP contribution in [-0.4, -0.2) is 9.97 Å². The summed E-state index contributed by atoms with van der Waals surface area (Å²) in [6.45, 7) is 0. The molecule has 0 spiro atoms. The van der Waals surface area contributed by atoms with Gasteiger partial charge in [-0.25, -0.2) is 0 Å². The number of benzene rings is 1. The van der Waals surface area contributed by atoms with Crippen molar-refractivity contribution in [2.45, 2.75) is 0 Å². The molecule has 0 saturated heterocycles. The molecule has 2 heterocycles. The summed E-state index contributed by atoms with van der Waals surface area (Å²) in [6.07, 6.45) is 3.60. The van der Waals surface area contributed by atoms with Crippen molar-refractivity contribution in [2.75, 3.05) is 0 Å². The maximum absolute atomic E-state index is 4.49. The number of hydrogen-bond donors (Lipinski definition) is 0. The zero-order chi connectivity index (χ0) is 11.4. The van der Waals surface area contributed by atoms with E-state index in [4.69, 9.17) is 0 Å². The summed E-state index contributed by atoms with van der Waals surface area (Å²) >= 11 is 2.22. The number of fused-ring (bicyclic) bond motifs is 3. The fourth-order valence-corrected chi connectivity index (χ4v) is 1.68. The average molecular weight is 337 g/mol. The van der Waals surface area contributed by atoms with Gasteiger partial charge in [-0.1, -0.05) is 24.3 Å². The van der Waals surface area contributed by atoms with Gasteiger partial charge in [-0.3, -0.25) is 9.97 Å². The summed E-state index contributed by atoms with van der Waals surface area (Å²) in [5.41, 5.74) is 1.95. The molecule has 0 aliphatic heterocycles. The minimum absolute atomic E-state index is 0. The molecule has 0 aliphatic carbocycles. The van der Waals surface area contributed by atoms with Crippen molar-refractivity contribution in [3.05, 3.63) is 56.2 Å². The molecule has 0 atom stereocenters. The van der Waals surface area contributed by atoms with Gasteiger partial charge in [-0.2, -0.15) is 0 Å². The molecule has 0 aliphatic rings. The molecule has 0 unspecified atom stereocenters. The third-order valence-electron chi connectivity index (χ3n) is 2.34. The Bertz CT molecular complexity index is 558. The van der Waals surface area contributed by atoms with Crippen molar-refractivity contribution in [1.29, 1.82) is 0 Å². The van der Waals surface area contributed by atoms with Crippen LogP contribution in [0.1, 0.15) is 0 Å². The summed E-state index contributed by atoms with van der Waals surface area (Å²) in [4.78, 5) is 8.69. The molecule has 4 heteroatoms. The van der Waals surface area contributed by atoms with E-state index in [-0.39, 0.29) is 7.43 Å². The number of halogens is 1. The Labute approximate surface area is 115 Å². The summed E-state index contributed by atoms with van der Waals surface area (Å²) in [7, 11) is 4.49. The van der Waals surface area contributed by atoms with E-state index in [1.54, 1.807) is 12.4 Å². The SMILES string of the molecule is [CH3-].[Cl][Pd+].c1cnc2c(c1)ccc1cccnc12. The molecule has 0 amide bonds. The summed E-state index contributed by atoms with van der Waals surface area (Å²) in [5.74, 6) is 0. The first-order valence-corrected chi connectivity index (χ1v) is 6.66. The van der Waals surface area contributed by atoms with Crippen LogP contribution in [0.3, 0.4) is 0 Å². The summed E-state index contributed by atoms with van der Waals surface area (Å²) in [6, 6.07) is 12.1. The first-order chi connectivity index (χ1) is 7.95. The normalized spacial score (nSPS) is 9.35. The molecule has 0 radical (unpaired) electrons. The smallest absolute Gasteiger partial charge is 0.0964 e. The van der Waals surface area contributed by atoms with Gasteiger partial charge in [0.05, 0.1) is 11.0 Å². The van der Waals surface area contributed by atoms with Crippen LogP contribution < -0.4 is 0 Å². The fourth-order valence-electron chi connectivity index (χ4n) is 1.68. The van der Waals surface area contributed by atoms with Crippen LogP contribution >= 0.6 is 9.53 Å². The molecule has 1 aromatic carbocycles. The number of hydrogen-bond acceptors (Lipinski definition) is 2. The molecule has 2 nitrogen and oxygen atoms in total. The standard InChI is InChI=1S/C12H8N2.CH3.ClH.Pd/c1-3-9-5-6-10-4-2-8-14-12(10)11(9)13-7-1;;;/h1-8H;1H3;1H;/q;-1;;+2/p-1. The van der Waals surface area contributed by atoms with E-state index in [0.29, 0.717) is 0 Å². The Morgan fingerprint density at radius 2 is 1.18 bits per heavy atom. The van der Waals surface area contributed by atoms with Gasteiger partial charge in [0.2, 0.25) is 0 Å². The molecule has 3 aromatic rings. The van der Waals surface area contributed by atoms with Crippen LogP contribution in [-0.2, 0) is 18.2 Å². The third kappa shape index (κ3) is 2.81. The Hall–Kier alpha value is -1.01. The average Bonchev–Trinajstić information content (AvgIpc) is 2.41. The molecule has 0 saturated carbocycles. The van der Waals surface area contributed by atoms with Crippen molar-refractivity contribution in [1.82, 2.24) is 9.97 Å². The van der Waals surface area contributed by atoms with E-state index >= 15 is 0 Å². The van der Waals surface area contributed by atoms with Crippen LogP contribution in [0.25, 0.3) is 21.8 Å². The van der Waals surface area contributed by atoms with Gasteiger partial charge < -0.3 is 7.43 Å². The van der Waals surface area contributed by atoms with E-state index in [1.165, 1.54) is 0 Å². The third-order valence-corrected chi connectivity index (χ3v) is 2.34. The molecule has 3 rings (SSSR count). The van der Waals surface area contributed by atoms with Gasteiger partial charge in [0.15, 0.2) is 0 Å². The van der Waals surface area contributed by atoms with E-state index in [9.17, 15) is 0 Å². The van der Waals surface area contributed by atoms with Gasteiger partial charge in [-0.05, 0) is 12.1 Å². The van der Waals surface area contributed by atoms with Crippen molar-refractivity contribution in [3.63, 3.8) is 0 Å². The molecule has 90 valence electrons. The molecule has 0 fully saturated rings. The van der Waals surface area contributed by atoms with Gasteiger partial charge in [0.25, 0.3) is 0 Å². The maximum atomic E-state index is 4.49. The molecular formula is C13H11ClN2Pd. The molecule has 2 aromatic heterocycles. The zero-order valence-electron chi connectivity index (χ0n) is 9.21. The quantitative estimate of drug-likeness (QED) is 0.353. The molecule has 0 bridgehead atoms. The van der Waals surface area contributed by atoms with Crippen molar-refractivity contribution >= 4 is 31.3 Å². The van der Waals surface area contributed by atoms with E-state index in [1.807, 2.05) is 12.1 Å². The van der Waals surface area contributed by atoms with Crippen LogP contribution in [0, 0.1) is 7.43 Å². The fraction of sp³-hybridized carbons (Fsp3) is 0. The Kier molecular flexibility index (Phi) is 5.51.